The number of halogens is 6. The maximum Gasteiger partial charge on any atom is 0.490 e. The molecule has 0 heterocycles. The first kappa shape index (κ1) is 24.7. The fourth-order valence-electron chi connectivity index (χ4n) is 5.85. The predicted molar refractivity (Wildman–Crippen MR) is 129 cm³/mol. The number of rotatable bonds is 4. The molecular formula is C20H16F3I3O6. The Morgan fingerprint density at radius 3 is 2.16 bits per heavy atom. The predicted octanol–water partition coefficient (Wildman–Crippen LogP) is 5.55. The lowest BCUT2D eigenvalue weighted by Gasteiger charge is -2.59. The molecule has 1 N–H and O–H groups in total. The highest BCUT2D eigenvalue weighted by Gasteiger charge is 2.64. The minimum atomic E-state index is -5.10. The first-order valence-corrected chi connectivity index (χ1v) is 12.9. The first-order valence-electron chi connectivity index (χ1n) is 9.68. The third-order valence-electron chi connectivity index (χ3n) is 6.52. The number of carboxylic acid groups (broad SMARTS) is 1. The molecule has 4 fully saturated rings. The molecule has 0 aliphatic heterocycles. The quantitative estimate of drug-likeness (QED) is 0.245. The van der Waals surface area contributed by atoms with Crippen molar-refractivity contribution in [1.29, 1.82) is 0 Å². The van der Waals surface area contributed by atoms with E-state index in [9.17, 15) is 32.7 Å². The molecule has 0 amide bonds. The van der Waals surface area contributed by atoms with Crippen molar-refractivity contribution < 1.29 is 42.1 Å². The van der Waals surface area contributed by atoms with E-state index in [-0.39, 0.29) is 33.1 Å². The number of alkyl halides is 3. The molecule has 1 aromatic rings. The summed E-state index contributed by atoms with van der Waals surface area (Å²) in [6.07, 6.45) is -2.81. The lowest BCUT2D eigenvalue weighted by atomic mass is 9.48. The zero-order chi connectivity index (χ0) is 23.6. The van der Waals surface area contributed by atoms with Crippen LogP contribution in [0, 0.1) is 28.0 Å². The van der Waals surface area contributed by atoms with Crippen LogP contribution in [-0.2, 0) is 14.3 Å². The third kappa shape index (κ3) is 4.35. The molecule has 0 saturated heterocycles. The molecule has 0 spiro atoms. The Kier molecular flexibility index (Phi) is 6.47. The fraction of sp³-hybridized carbons (Fsp3) is 0.550. The summed E-state index contributed by atoms with van der Waals surface area (Å²) in [7, 11) is 0. The minimum Gasteiger partial charge on any atom is -0.478 e. The van der Waals surface area contributed by atoms with Gasteiger partial charge in [-0.25, -0.2) is 9.59 Å². The number of ether oxygens (including phenoxy) is 2. The summed E-state index contributed by atoms with van der Waals surface area (Å²) in [5, 5.41) is 9.52. The number of esters is 2. The van der Waals surface area contributed by atoms with Crippen molar-refractivity contribution >= 4 is 85.7 Å². The zero-order valence-corrected chi connectivity index (χ0v) is 22.7. The molecule has 0 aromatic heterocycles. The molecule has 1 aromatic carbocycles. The Morgan fingerprint density at radius 1 is 1.03 bits per heavy atom. The Hall–Kier alpha value is -0.390. The summed E-state index contributed by atoms with van der Waals surface area (Å²) < 4.78 is 50.7. The number of hydrogen-bond donors (Lipinski definition) is 1. The van der Waals surface area contributed by atoms with Crippen molar-refractivity contribution in [3.8, 4) is 5.75 Å². The molecule has 5 rings (SSSR count). The third-order valence-corrected chi connectivity index (χ3v) is 9.20. The maximum absolute atomic E-state index is 13.4. The average molecular weight is 790 g/mol. The van der Waals surface area contributed by atoms with E-state index in [1.54, 1.807) is 6.07 Å². The van der Waals surface area contributed by atoms with Crippen molar-refractivity contribution in [3.63, 3.8) is 0 Å². The summed E-state index contributed by atoms with van der Waals surface area (Å²) in [5.41, 5.74) is -2.36. The Balaban J connectivity index is 1.65. The van der Waals surface area contributed by atoms with E-state index in [4.69, 9.17) is 9.47 Å². The minimum absolute atomic E-state index is 0.0169. The van der Waals surface area contributed by atoms with Crippen LogP contribution in [0.15, 0.2) is 6.07 Å². The van der Waals surface area contributed by atoms with E-state index in [1.807, 2.05) is 67.8 Å². The topological polar surface area (TPSA) is 89.9 Å². The van der Waals surface area contributed by atoms with E-state index >= 15 is 0 Å². The van der Waals surface area contributed by atoms with E-state index in [0.29, 0.717) is 32.8 Å². The van der Waals surface area contributed by atoms with Gasteiger partial charge in [0.05, 0.1) is 18.1 Å². The van der Waals surface area contributed by atoms with Crippen molar-refractivity contribution in [3.05, 3.63) is 22.3 Å². The smallest absolute Gasteiger partial charge is 0.478 e. The Morgan fingerprint density at radius 2 is 1.62 bits per heavy atom. The van der Waals surface area contributed by atoms with Crippen LogP contribution in [0.3, 0.4) is 0 Å². The molecule has 2 unspecified atom stereocenters. The van der Waals surface area contributed by atoms with Crippen LogP contribution in [0.5, 0.6) is 5.75 Å². The van der Waals surface area contributed by atoms with Crippen molar-refractivity contribution in [2.75, 3.05) is 0 Å². The van der Waals surface area contributed by atoms with E-state index < -0.39 is 35.1 Å². The van der Waals surface area contributed by atoms with E-state index in [2.05, 4.69) is 0 Å². The van der Waals surface area contributed by atoms with Crippen LogP contribution in [0.4, 0.5) is 13.2 Å². The Labute approximate surface area is 221 Å². The lowest BCUT2D eigenvalue weighted by molar-refractivity contribution is -0.239. The van der Waals surface area contributed by atoms with Gasteiger partial charge in [0.1, 0.15) is 5.60 Å². The number of hydrogen-bond acceptors (Lipinski definition) is 5. The highest BCUT2D eigenvalue weighted by molar-refractivity contribution is 14.1. The summed E-state index contributed by atoms with van der Waals surface area (Å²) in [6, 6.07) is 1.60. The molecule has 32 heavy (non-hydrogen) atoms. The van der Waals surface area contributed by atoms with Gasteiger partial charge in [-0.2, -0.15) is 13.2 Å². The van der Waals surface area contributed by atoms with Gasteiger partial charge in [0.2, 0.25) is 0 Å². The number of benzene rings is 1. The monoisotopic (exact) mass is 790 g/mol. The van der Waals surface area contributed by atoms with Crippen molar-refractivity contribution in [2.24, 2.45) is 17.3 Å². The molecule has 12 heteroatoms. The number of carbonyl (C=O) groups excluding carboxylic acids is 2. The van der Waals surface area contributed by atoms with Crippen LogP contribution >= 0.6 is 67.8 Å². The maximum atomic E-state index is 13.4. The van der Waals surface area contributed by atoms with Crippen LogP contribution < -0.4 is 4.74 Å². The molecule has 4 saturated carbocycles. The van der Waals surface area contributed by atoms with Crippen LogP contribution in [-0.4, -0.2) is 34.8 Å². The molecular weight excluding hydrogens is 774 g/mol. The molecule has 174 valence electrons. The summed E-state index contributed by atoms with van der Waals surface area (Å²) in [5.74, 6) is -3.92. The van der Waals surface area contributed by atoms with Crippen LogP contribution in [0.2, 0.25) is 0 Å². The van der Waals surface area contributed by atoms with E-state index in [0.717, 1.165) is 6.42 Å². The summed E-state index contributed by atoms with van der Waals surface area (Å²) >= 11 is 5.68. The highest BCUT2D eigenvalue weighted by Crippen LogP contribution is 2.63. The number of carboxylic acids is 1. The van der Waals surface area contributed by atoms with Gasteiger partial charge < -0.3 is 14.6 Å². The highest BCUT2D eigenvalue weighted by atomic mass is 127. The van der Waals surface area contributed by atoms with Gasteiger partial charge in [-0.1, -0.05) is 0 Å². The number of carbonyl (C=O) groups is 3. The lowest BCUT2D eigenvalue weighted by Crippen LogP contribution is -2.61. The summed E-state index contributed by atoms with van der Waals surface area (Å²) in [6.45, 7) is 0. The molecule has 4 aliphatic carbocycles. The van der Waals surface area contributed by atoms with Crippen molar-refractivity contribution in [1.82, 2.24) is 0 Å². The normalized spacial score (nSPS) is 30.8. The van der Waals surface area contributed by atoms with E-state index in [1.165, 1.54) is 0 Å². The first-order chi connectivity index (χ1) is 14.8. The van der Waals surface area contributed by atoms with Crippen LogP contribution in [0.25, 0.3) is 0 Å². The van der Waals surface area contributed by atoms with Gasteiger partial charge in [0, 0.05) is 9.99 Å². The van der Waals surface area contributed by atoms with Gasteiger partial charge in [0.25, 0.3) is 0 Å². The zero-order valence-electron chi connectivity index (χ0n) is 16.2. The second-order valence-electron chi connectivity index (χ2n) is 8.86. The molecule has 6 nitrogen and oxygen atoms in total. The molecule has 0 radical (unpaired) electrons. The van der Waals surface area contributed by atoms with Gasteiger partial charge in [-0.15, -0.1) is 0 Å². The second-order valence-corrected chi connectivity index (χ2v) is 12.3. The van der Waals surface area contributed by atoms with Crippen LogP contribution in [0.1, 0.15) is 48.9 Å². The van der Waals surface area contributed by atoms with Gasteiger partial charge >= 0.3 is 24.1 Å². The fourth-order valence-corrected chi connectivity index (χ4v) is 9.91. The molecule has 4 bridgehead atoms. The average Bonchev–Trinajstić information content (AvgIpc) is 2.62. The standard InChI is InChI=1S/C20H16F3I3O6/c21-20(22,23)17(30)32-19-5-8-1-9(6-19)4-18(3-8,7-19)16(29)31-14-11(25)2-10(24)12(13(14)26)15(27)28/h2,8-9H,1,3-7H2,(H,27,28). The van der Waals surface area contributed by atoms with Gasteiger partial charge in [0.15, 0.2) is 5.75 Å². The van der Waals surface area contributed by atoms with Gasteiger partial charge in [-0.05, 0) is 118 Å². The SMILES string of the molecule is O=C(O)c1c(I)cc(I)c(OC(=O)C23CC4CC(CC(OC(=O)C(F)(F)F)(C4)C2)C3)c1I. The summed E-state index contributed by atoms with van der Waals surface area (Å²) in [4.78, 5) is 36.7. The van der Waals surface area contributed by atoms with Crippen molar-refractivity contribution in [2.45, 2.75) is 50.3 Å². The number of aromatic carboxylic acids is 1. The Bertz CT molecular complexity index is 1010. The largest absolute Gasteiger partial charge is 0.490 e. The molecule has 4 aliphatic rings. The molecule has 2 atom stereocenters. The second kappa shape index (κ2) is 8.37. The van der Waals surface area contributed by atoms with Gasteiger partial charge in [-0.3, -0.25) is 4.79 Å².